The van der Waals surface area contributed by atoms with E-state index in [1.165, 1.54) is 16.2 Å². The molecule has 1 heterocycles. The number of nitrogens with one attached hydrogen (secondary N) is 2. The number of likely N-dealkylation sites (N-methyl/N-ethyl adjacent to an activating group) is 1. The lowest BCUT2D eigenvalue weighted by atomic mass is 10.1. The molecular weight excluding hydrogens is 372 g/mol. The van der Waals surface area contributed by atoms with Crippen molar-refractivity contribution in [3.63, 3.8) is 0 Å². The van der Waals surface area contributed by atoms with Gasteiger partial charge in [-0.2, -0.15) is 0 Å². The summed E-state index contributed by atoms with van der Waals surface area (Å²) in [6, 6.07) is 15.2. The molecule has 0 saturated carbocycles. The van der Waals surface area contributed by atoms with Gasteiger partial charge in [-0.25, -0.2) is 9.78 Å². The first-order chi connectivity index (χ1) is 13.4. The molecule has 0 radical (unpaired) electrons. The van der Waals surface area contributed by atoms with E-state index in [1.807, 2.05) is 62.4 Å². The van der Waals surface area contributed by atoms with Crippen molar-refractivity contribution >= 4 is 34.1 Å². The maximum Gasteiger partial charge on any atom is 0.323 e. The van der Waals surface area contributed by atoms with Crippen LogP contribution in [0.25, 0.3) is 10.4 Å². The minimum atomic E-state index is -0.384. The van der Waals surface area contributed by atoms with Crippen molar-refractivity contribution < 1.29 is 9.59 Å². The van der Waals surface area contributed by atoms with E-state index in [-0.39, 0.29) is 18.5 Å². The maximum absolute atomic E-state index is 12.4. The van der Waals surface area contributed by atoms with Crippen LogP contribution in [-0.4, -0.2) is 35.4 Å². The van der Waals surface area contributed by atoms with E-state index in [0.717, 1.165) is 27.3 Å². The molecule has 3 rings (SSSR count). The quantitative estimate of drug-likeness (QED) is 0.668. The predicted molar refractivity (Wildman–Crippen MR) is 114 cm³/mol. The average Bonchev–Trinajstić information content (AvgIpc) is 3.14. The van der Waals surface area contributed by atoms with Gasteiger partial charge in [-0.15, -0.1) is 0 Å². The van der Waals surface area contributed by atoms with Crippen LogP contribution in [0.3, 0.4) is 0 Å². The molecule has 0 fully saturated rings. The molecule has 28 heavy (non-hydrogen) atoms. The zero-order chi connectivity index (χ0) is 20.1. The zero-order valence-electron chi connectivity index (χ0n) is 16.0. The Balaban J connectivity index is 1.57. The summed E-state index contributed by atoms with van der Waals surface area (Å²) in [6.07, 6.45) is 1.73. The van der Waals surface area contributed by atoms with Gasteiger partial charge in [0.25, 0.3) is 0 Å². The van der Waals surface area contributed by atoms with Crippen LogP contribution in [0, 0.1) is 13.8 Å². The van der Waals surface area contributed by atoms with Crippen LogP contribution < -0.4 is 10.6 Å². The number of amides is 3. The first kappa shape index (κ1) is 19.6. The molecule has 3 amide bonds. The van der Waals surface area contributed by atoms with Crippen molar-refractivity contribution in [1.29, 1.82) is 0 Å². The van der Waals surface area contributed by atoms with Gasteiger partial charge in [-0.3, -0.25) is 10.1 Å². The lowest BCUT2D eigenvalue weighted by Crippen LogP contribution is -2.37. The molecule has 144 valence electrons. The minimum Gasteiger partial charge on any atom is -0.324 e. The molecule has 0 saturated heterocycles. The predicted octanol–water partition coefficient (Wildman–Crippen LogP) is 4.53. The molecular formula is C21H22N4O2S. The second-order valence-electron chi connectivity index (χ2n) is 6.48. The van der Waals surface area contributed by atoms with E-state index < -0.39 is 0 Å². The second-order valence-corrected chi connectivity index (χ2v) is 7.51. The summed E-state index contributed by atoms with van der Waals surface area (Å²) < 4.78 is 0. The first-order valence-corrected chi connectivity index (χ1v) is 9.65. The largest absolute Gasteiger partial charge is 0.324 e. The molecule has 0 spiro atoms. The monoisotopic (exact) mass is 394 g/mol. The van der Waals surface area contributed by atoms with E-state index in [2.05, 4.69) is 15.6 Å². The number of carbonyl (C=O) groups excluding carboxylic acids is 2. The van der Waals surface area contributed by atoms with Crippen molar-refractivity contribution in [2.75, 3.05) is 24.2 Å². The fourth-order valence-electron chi connectivity index (χ4n) is 2.62. The fraction of sp³-hybridized carbons (Fsp3) is 0.190. The van der Waals surface area contributed by atoms with Crippen molar-refractivity contribution in [3.05, 3.63) is 65.9 Å². The number of anilines is 2. The Kier molecular flexibility index (Phi) is 6.06. The van der Waals surface area contributed by atoms with Gasteiger partial charge in [0.1, 0.15) is 6.54 Å². The van der Waals surface area contributed by atoms with Crippen molar-refractivity contribution in [3.8, 4) is 10.4 Å². The summed E-state index contributed by atoms with van der Waals surface area (Å²) in [7, 11) is 1.57. The number of rotatable bonds is 5. The van der Waals surface area contributed by atoms with Crippen LogP contribution in [0.1, 0.15) is 11.1 Å². The van der Waals surface area contributed by atoms with Gasteiger partial charge in [-0.05, 0) is 36.6 Å². The Morgan fingerprint density at radius 1 is 1.04 bits per heavy atom. The summed E-state index contributed by atoms with van der Waals surface area (Å²) in [4.78, 5) is 31.2. The van der Waals surface area contributed by atoms with Crippen molar-refractivity contribution in [2.45, 2.75) is 13.8 Å². The first-order valence-electron chi connectivity index (χ1n) is 8.83. The number of aryl methyl sites for hydroxylation is 1. The van der Waals surface area contributed by atoms with Gasteiger partial charge in [-0.1, -0.05) is 53.8 Å². The summed E-state index contributed by atoms with van der Waals surface area (Å²) in [5.74, 6) is -0.254. The molecule has 0 bridgehead atoms. The average molecular weight is 395 g/mol. The number of benzene rings is 2. The highest BCUT2D eigenvalue weighted by Crippen LogP contribution is 2.28. The summed E-state index contributed by atoms with van der Waals surface area (Å²) in [5, 5.41) is 6.08. The van der Waals surface area contributed by atoms with E-state index >= 15 is 0 Å². The van der Waals surface area contributed by atoms with Crippen molar-refractivity contribution in [1.82, 2.24) is 9.88 Å². The van der Waals surface area contributed by atoms with Gasteiger partial charge in [0.05, 0.1) is 4.88 Å². The van der Waals surface area contributed by atoms with Gasteiger partial charge in [0.15, 0.2) is 5.13 Å². The number of aromatic nitrogens is 1. The van der Waals surface area contributed by atoms with E-state index in [4.69, 9.17) is 0 Å². The normalized spacial score (nSPS) is 10.4. The highest BCUT2D eigenvalue weighted by atomic mass is 32.1. The third-order valence-electron chi connectivity index (χ3n) is 4.38. The third kappa shape index (κ3) is 4.75. The smallest absolute Gasteiger partial charge is 0.323 e. The molecule has 0 unspecified atom stereocenters. The van der Waals surface area contributed by atoms with Gasteiger partial charge < -0.3 is 10.2 Å². The number of carbonyl (C=O) groups is 2. The lowest BCUT2D eigenvalue weighted by molar-refractivity contribution is -0.116. The summed E-state index contributed by atoms with van der Waals surface area (Å²) in [5.41, 5.74) is 3.91. The van der Waals surface area contributed by atoms with E-state index in [1.54, 1.807) is 13.2 Å². The third-order valence-corrected chi connectivity index (χ3v) is 5.35. The van der Waals surface area contributed by atoms with Crippen LogP contribution in [0.4, 0.5) is 15.6 Å². The van der Waals surface area contributed by atoms with Crippen LogP contribution in [0.2, 0.25) is 0 Å². The number of hydrogen-bond acceptors (Lipinski definition) is 4. The molecule has 2 N–H and O–H groups in total. The molecule has 0 aliphatic carbocycles. The lowest BCUT2D eigenvalue weighted by Gasteiger charge is -2.17. The zero-order valence-corrected chi connectivity index (χ0v) is 16.8. The Bertz CT molecular complexity index is 985. The molecule has 2 aromatic carbocycles. The molecule has 7 heteroatoms. The van der Waals surface area contributed by atoms with Crippen LogP contribution in [0.5, 0.6) is 0 Å². The Morgan fingerprint density at radius 2 is 1.79 bits per heavy atom. The van der Waals surface area contributed by atoms with Crippen molar-refractivity contribution in [2.24, 2.45) is 0 Å². The summed E-state index contributed by atoms with van der Waals surface area (Å²) in [6.45, 7) is 3.88. The van der Waals surface area contributed by atoms with Crippen LogP contribution >= 0.6 is 11.3 Å². The number of nitrogens with zero attached hydrogens (tertiary/aromatic N) is 2. The molecule has 3 aromatic rings. The number of thiazole rings is 1. The van der Waals surface area contributed by atoms with Gasteiger partial charge >= 0.3 is 6.03 Å². The molecule has 0 aliphatic rings. The van der Waals surface area contributed by atoms with E-state index in [0.29, 0.717) is 5.13 Å². The van der Waals surface area contributed by atoms with Gasteiger partial charge in [0.2, 0.25) is 5.91 Å². The SMILES string of the molecule is Cc1cccc(NC(=O)CN(C)C(=O)Nc2ncc(-c3ccccc3)s2)c1C. The molecule has 0 aliphatic heterocycles. The Labute approximate surface area is 168 Å². The topological polar surface area (TPSA) is 74.3 Å². The Hall–Kier alpha value is -3.19. The van der Waals surface area contributed by atoms with Crippen LogP contribution in [0.15, 0.2) is 54.7 Å². The number of hydrogen-bond donors (Lipinski definition) is 2. The highest BCUT2D eigenvalue weighted by molar-refractivity contribution is 7.19. The second kappa shape index (κ2) is 8.67. The Morgan fingerprint density at radius 3 is 2.54 bits per heavy atom. The van der Waals surface area contributed by atoms with E-state index in [9.17, 15) is 9.59 Å². The maximum atomic E-state index is 12.4. The van der Waals surface area contributed by atoms with Crippen LogP contribution in [-0.2, 0) is 4.79 Å². The minimum absolute atomic E-state index is 0.0594. The molecule has 0 atom stereocenters. The summed E-state index contributed by atoms with van der Waals surface area (Å²) >= 11 is 1.39. The molecule has 1 aromatic heterocycles. The highest BCUT2D eigenvalue weighted by Gasteiger charge is 2.15. The standard InChI is InChI=1S/C21H22N4O2S/c1-14-8-7-11-17(15(14)2)23-19(26)13-25(3)21(27)24-20-22-12-18(28-20)16-9-5-4-6-10-16/h4-12H,13H2,1-3H3,(H,23,26)(H,22,24,27). The fourth-order valence-corrected chi connectivity index (χ4v) is 3.43. The van der Waals surface area contributed by atoms with Gasteiger partial charge in [0, 0.05) is 18.9 Å². The number of urea groups is 1. The molecule has 6 nitrogen and oxygen atoms in total.